The average Bonchev–Trinajstić information content (AvgIpc) is 3.12. The van der Waals surface area contributed by atoms with Gasteiger partial charge in [-0.15, -0.1) is 0 Å². The quantitative estimate of drug-likeness (QED) is 0.595. The number of hydrogen-bond acceptors (Lipinski definition) is 5. The van der Waals surface area contributed by atoms with Crippen LogP contribution in [-0.4, -0.2) is 27.7 Å². The molecule has 3 rings (SSSR count). The maximum atomic E-state index is 14.6. The van der Waals surface area contributed by atoms with Crippen LogP contribution in [0.15, 0.2) is 42.9 Å². The molecule has 0 saturated heterocycles. The number of halogens is 1. The van der Waals surface area contributed by atoms with E-state index in [1.807, 2.05) is 25.4 Å². The number of pyridine rings is 1. The number of hydrogen-bond donors (Lipinski definition) is 1. The molecule has 0 aliphatic carbocycles. The average molecular weight is 382 g/mol. The van der Waals surface area contributed by atoms with Crippen LogP contribution in [0.1, 0.15) is 34.8 Å². The zero-order chi connectivity index (χ0) is 20.1. The minimum Gasteiger partial charge on any atom is -0.494 e. The summed E-state index contributed by atoms with van der Waals surface area (Å²) >= 11 is 0. The van der Waals surface area contributed by atoms with Gasteiger partial charge >= 0.3 is 0 Å². The van der Waals surface area contributed by atoms with Gasteiger partial charge < -0.3 is 10.1 Å². The standard InChI is InChI=1S/C21H23FN4O2/c1-4-18(27)16-9-15(21(22)19(10-16)28-3)7-5-14-6-8-20(23-11-14)25-17-12-24-26(2)13-17/h6,8-13H,4-5,7H2,1-3H3,(H,23,25). The van der Waals surface area contributed by atoms with E-state index in [2.05, 4.69) is 15.4 Å². The first-order valence-corrected chi connectivity index (χ1v) is 9.10. The predicted octanol–water partition coefficient (Wildman–Crippen LogP) is 4.08. The van der Waals surface area contributed by atoms with Crippen LogP contribution in [0.3, 0.4) is 0 Å². The number of methoxy groups -OCH3 is 1. The lowest BCUT2D eigenvalue weighted by Gasteiger charge is -2.11. The van der Waals surface area contributed by atoms with Gasteiger partial charge in [-0.05, 0) is 42.2 Å². The molecule has 1 N–H and O–H groups in total. The summed E-state index contributed by atoms with van der Waals surface area (Å²) in [6.45, 7) is 1.78. The largest absolute Gasteiger partial charge is 0.494 e. The van der Waals surface area contributed by atoms with Gasteiger partial charge in [-0.2, -0.15) is 5.10 Å². The second-order valence-corrected chi connectivity index (χ2v) is 6.51. The number of Topliss-reactive ketones (excluding diaryl/α,β-unsaturated/α-hetero) is 1. The van der Waals surface area contributed by atoms with Crippen LogP contribution in [0.25, 0.3) is 0 Å². The number of aryl methyl sites for hydroxylation is 3. The summed E-state index contributed by atoms with van der Waals surface area (Å²) in [7, 11) is 3.25. The van der Waals surface area contributed by atoms with Crippen molar-refractivity contribution in [1.82, 2.24) is 14.8 Å². The fourth-order valence-electron chi connectivity index (χ4n) is 2.91. The summed E-state index contributed by atoms with van der Waals surface area (Å²) in [5, 5.41) is 7.27. The number of rotatable bonds is 8. The Kier molecular flexibility index (Phi) is 6.03. The van der Waals surface area contributed by atoms with E-state index >= 15 is 0 Å². The van der Waals surface area contributed by atoms with E-state index in [4.69, 9.17) is 4.74 Å². The molecule has 6 nitrogen and oxygen atoms in total. The molecule has 3 aromatic rings. The number of carbonyl (C=O) groups excluding carboxylic acids is 1. The van der Waals surface area contributed by atoms with Gasteiger partial charge in [0.1, 0.15) is 5.82 Å². The lowest BCUT2D eigenvalue weighted by atomic mass is 9.99. The normalized spacial score (nSPS) is 10.7. The number of ketones is 1. The SMILES string of the molecule is CCC(=O)c1cc(CCc2ccc(Nc3cnn(C)c3)nc2)c(F)c(OC)c1. The summed E-state index contributed by atoms with van der Waals surface area (Å²) in [4.78, 5) is 16.4. The van der Waals surface area contributed by atoms with Crippen molar-refractivity contribution in [1.29, 1.82) is 0 Å². The van der Waals surface area contributed by atoms with Gasteiger partial charge in [0.15, 0.2) is 17.3 Å². The van der Waals surface area contributed by atoms with Crippen molar-refractivity contribution in [2.24, 2.45) is 7.05 Å². The highest BCUT2D eigenvalue weighted by atomic mass is 19.1. The van der Waals surface area contributed by atoms with Crippen LogP contribution in [-0.2, 0) is 19.9 Å². The maximum absolute atomic E-state index is 14.6. The Morgan fingerprint density at radius 1 is 1.25 bits per heavy atom. The van der Waals surface area contributed by atoms with Crippen LogP contribution in [0, 0.1) is 5.82 Å². The molecular formula is C21H23FN4O2. The van der Waals surface area contributed by atoms with Crippen LogP contribution in [0.4, 0.5) is 15.9 Å². The van der Waals surface area contributed by atoms with Crippen molar-refractivity contribution in [2.45, 2.75) is 26.2 Å². The van der Waals surface area contributed by atoms with Crippen LogP contribution >= 0.6 is 0 Å². The summed E-state index contributed by atoms with van der Waals surface area (Å²) < 4.78 is 21.4. The molecule has 7 heteroatoms. The number of aromatic nitrogens is 3. The van der Waals surface area contributed by atoms with Gasteiger partial charge in [0.2, 0.25) is 0 Å². The molecule has 0 spiro atoms. The van der Waals surface area contributed by atoms with Gasteiger partial charge in [0, 0.05) is 31.4 Å². The molecular weight excluding hydrogens is 359 g/mol. The van der Waals surface area contributed by atoms with Crippen molar-refractivity contribution < 1.29 is 13.9 Å². The minimum absolute atomic E-state index is 0.0351. The van der Waals surface area contributed by atoms with Gasteiger partial charge in [0.05, 0.1) is 19.0 Å². The molecule has 0 aliphatic rings. The van der Waals surface area contributed by atoms with Crippen molar-refractivity contribution in [2.75, 3.05) is 12.4 Å². The maximum Gasteiger partial charge on any atom is 0.168 e. The van der Waals surface area contributed by atoms with E-state index in [0.717, 1.165) is 11.3 Å². The number of anilines is 2. The number of benzene rings is 1. The van der Waals surface area contributed by atoms with Crippen molar-refractivity contribution in [3.05, 3.63) is 65.4 Å². The molecule has 0 atom stereocenters. The third-order valence-corrected chi connectivity index (χ3v) is 4.46. The molecule has 2 heterocycles. The van der Waals surface area contributed by atoms with Gasteiger partial charge in [-0.25, -0.2) is 9.37 Å². The number of carbonyl (C=O) groups is 1. The molecule has 0 unspecified atom stereocenters. The van der Waals surface area contributed by atoms with E-state index in [1.165, 1.54) is 13.2 Å². The molecule has 28 heavy (non-hydrogen) atoms. The smallest absolute Gasteiger partial charge is 0.168 e. The highest BCUT2D eigenvalue weighted by molar-refractivity contribution is 5.96. The molecule has 1 aromatic carbocycles. The number of nitrogens with one attached hydrogen (secondary N) is 1. The third-order valence-electron chi connectivity index (χ3n) is 4.46. The summed E-state index contributed by atoms with van der Waals surface area (Å²) in [5.41, 5.74) is 2.77. The molecule has 0 saturated carbocycles. The topological polar surface area (TPSA) is 69.0 Å². The van der Waals surface area contributed by atoms with Crippen LogP contribution in [0.2, 0.25) is 0 Å². The Balaban J connectivity index is 1.70. The minimum atomic E-state index is -0.419. The molecule has 146 valence electrons. The Morgan fingerprint density at radius 3 is 2.68 bits per heavy atom. The Morgan fingerprint density at radius 2 is 2.07 bits per heavy atom. The van der Waals surface area contributed by atoms with E-state index in [0.29, 0.717) is 36.2 Å². The summed E-state index contributed by atoms with van der Waals surface area (Å²) in [6.07, 6.45) is 6.75. The van der Waals surface area contributed by atoms with Gasteiger partial charge in [0.25, 0.3) is 0 Å². The molecule has 2 aromatic heterocycles. The lowest BCUT2D eigenvalue weighted by molar-refractivity contribution is 0.0987. The van der Waals surface area contributed by atoms with Crippen LogP contribution in [0.5, 0.6) is 5.75 Å². The predicted molar refractivity (Wildman–Crippen MR) is 106 cm³/mol. The highest BCUT2D eigenvalue weighted by Gasteiger charge is 2.15. The Hall–Kier alpha value is -3.22. The zero-order valence-corrected chi connectivity index (χ0v) is 16.2. The molecule has 0 fully saturated rings. The molecule has 0 bridgehead atoms. The Labute approximate surface area is 163 Å². The van der Waals surface area contributed by atoms with Gasteiger partial charge in [-0.1, -0.05) is 13.0 Å². The lowest BCUT2D eigenvalue weighted by Crippen LogP contribution is -2.04. The fraction of sp³-hybridized carbons (Fsp3) is 0.286. The zero-order valence-electron chi connectivity index (χ0n) is 16.2. The third kappa shape index (κ3) is 4.54. The fourth-order valence-corrected chi connectivity index (χ4v) is 2.91. The van der Waals surface area contributed by atoms with Crippen LogP contribution < -0.4 is 10.1 Å². The first-order valence-electron chi connectivity index (χ1n) is 9.10. The van der Waals surface area contributed by atoms with Crippen molar-refractivity contribution >= 4 is 17.3 Å². The van der Waals surface area contributed by atoms with E-state index < -0.39 is 5.82 Å². The first kappa shape index (κ1) is 19.5. The summed E-state index contributed by atoms with van der Waals surface area (Å²) in [6, 6.07) is 6.90. The first-order chi connectivity index (χ1) is 13.5. The molecule has 0 radical (unpaired) electrons. The summed E-state index contributed by atoms with van der Waals surface area (Å²) in [5.74, 6) is 0.355. The second-order valence-electron chi connectivity index (χ2n) is 6.51. The Bertz CT molecular complexity index is 967. The van der Waals surface area contributed by atoms with E-state index in [9.17, 15) is 9.18 Å². The van der Waals surface area contributed by atoms with Crippen molar-refractivity contribution in [3.63, 3.8) is 0 Å². The second kappa shape index (κ2) is 8.65. The van der Waals surface area contributed by atoms with E-state index in [1.54, 1.807) is 30.1 Å². The number of ether oxygens (including phenoxy) is 1. The highest BCUT2D eigenvalue weighted by Crippen LogP contribution is 2.25. The molecule has 0 aliphatic heterocycles. The number of nitrogens with zero attached hydrogens (tertiary/aromatic N) is 3. The van der Waals surface area contributed by atoms with Gasteiger partial charge in [-0.3, -0.25) is 9.48 Å². The molecule has 0 amide bonds. The van der Waals surface area contributed by atoms with Crippen molar-refractivity contribution in [3.8, 4) is 5.75 Å². The van der Waals surface area contributed by atoms with E-state index in [-0.39, 0.29) is 11.5 Å². The monoisotopic (exact) mass is 382 g/mol.